The fourth-order valence-corrected chi connectivity index (χ4v) is 2.07. The highest BCUT2D eigenvalue weighted by atomic mass is 16.3. The van der Waals surface area contributed by atoms with Crippen molar-refractivity contribution in [2.24, 2.45) is 0 Å². The summed E-state index contributed by atoms with van der Waals surface area (Å²) >= 11 is 0. The molecule has 1 aliphatic heterocycles. The van der Waals surface area contributed by atoms with Gasteiger partial charge in [-0.2, -0.15) is 0 Å². The molecule has 14 heavy (non-hydrogen) atoms. The van der Waals surface area contributed by atoms with Crippen LogP contribution in [0.5, 0.6) is 0 Å². The Hall–Kier alpha value is -0.120. The molecule has 1 unspecified atom stereocenters. The van der Waals surface area contributed by atoms with Gasteiger partial charge in [0.1, 0.15) is 0 Å². The molecular weight excluding hydrogens is 176 g/mol. The maximum atomic E-state index is 9.31. The lowest BCUT2D eigenvalue weighted by molar-refractivity contribution is 0.0416. The Kier molecular flexibility index (Phi) is 5.45. The van der Waals surface area contributed by atoms with Crippen LogP contribution >= 0.6 is 0 Å². The van der Waals surface area contributed by atoms with E-state index in [2.05, 4.69) is 23.6 Å². The van der Waals surface area contributed by atoms with E-state index >= 15 is 0 Å². The summed E-state index contributed by atoms with van der Waals surface area (Å²) in [5, 5.41) is 9.31. The number of aliphatic hydroxyl groups is 1. The molecule has 1 saturated heterocycles. The van der Waals surface area contributed by atoms with Crippen LogP contribution in [-0.4, -0.2) is 60.3 Å². The number of nitrogens with zero attached hydrogens (tertiary/aromatic N) is 2. The number of hydrogen-bond donors (Lipinski definition) is 1. The van der Waals surface area contributed by atoms with E-state index in [0.717, 1.165) is 32.7 Å². The number of likely N-dealkylation sites (N-methyl/N-ethyl adjacent to an activating group) is 1. The average Bonchev–Trinajstić information content (AvgIpc) is 2.26. The van der Waals surface area contributed by atoms with Crippen LogP contribution in [0, 0.1) is 0 Å². The minimum absolute atomic E-state index is 0.306. The lowest BCUT2D eigenvalue weighted by Gasteiger charge is -2.40. The molecular formula is C11H24N2O. The number of hydrogen-bond acceptors (Lipinski definition) is 3. The van der Waals surface area contributed by atoms with Crippen LogP contribution in [0.25, 0.3) is 0 Å². The smallest absolute Gasteiger partial charge is 0.0599 e. The molecule has 0 amide bonds. The summed E-state index contributed by atoms with van der Waals surface area (Å²) in [6, 6.07) is 0.371. The maximum absolute atomic E-state index is 9.31. The van der Waals surface area contributed by atoms with E-state index in [1.54, 1.807) is 0 Å². The lowest BCUT2D eigenvalue weighted by atomic mass is 10.1. The molecule has 3 heteroatoms. The van der Waals surface area contributed by atoms with Crippen LogP contribution in [0.15, 0.2) is 0 Å². The van der Waals surface area contributed by atoms with Gasteiger partial charge in [0.25, 0.3) is 0 Å². The number of rotatable bonds is 5. The minimum Gasteiger partial charge on any atom is -0.395 e. The fraction of sp³-hybridized carbons (Fsp3) is 1.00. The van der Waals surface area contributed by atoms with Crippen LogP contribution in [0.1, 0.15) is 26.7 Å². The minimum atomic E-state index is 0.306. The van der Waals surface area contributed by atoms with Gasteiger partial charge in [0.2, 0.25) is 0 Å². The predicted octanol–water partition coefficient (Wildman–Crippen LogP) is 0.785. The Bertz CT molecular complexity index is 152. The molecule has 0 spiro atoms. The van der Waals surface area contributed by atoms with E-state index in [0.29, 0.717) is 12.6 Å². The monoisotopic (exact) mass is 200 g/mol. The first-order chi connectivity index (χ1) is 6.81. The highest BCUT2D eigenvalue weighted by Crippen LogP contribution is 2.10. The topological polar surface area (TPSA) is 26.7 Å². The Morgan fingerprint density at radius 1 is 1.29 bits per heavy atom. The molecule has 1 N–H and O–H groups in total. The van der Waals surface area contributed by atoms with Crippen molar-refractivity contribution in [3.05, 3.63) is 0 Å². The van der Waals surface area contributed by atoms with Crippen molar-refractivity contribution in [2.75, 3.05) is 39.3 Å². The van der Waals surface area contributed by atoms with Gasteiger partial charge >= 0.3 is 0 Å². The Labute approximate surface area is 87.7 Å². The summed E-state index contributed by atoms with van der Waals surface area (Å²) in [4.78, 5) is 4.86. The zero-order chi connectivity index (χ0) is 10.4. The van der Waals surface area contributed by atoms with Crippen LogP contribution in [-0.2, 0) is 0 Å². The predicted molar refractivity (Wildman–Crippen MR) is 59.5 cm³/mol. The highest BCUT2D eigenvalue weighted by molar-refractivity contribution is 4.80. The first-order valence-electron chi connectivity index (χ1n) is 5.89. The molecule has 1 rings (SSSR count). The number of aliphatic hydroxyl groups excluding tert-OH is 1. The Morgan fingerprint density at radius 3 is 2.64 bits per heavy atom. The largest absolute Gasteiger partial charge is 0.395 e. The van der Waals surface area contributed by atoms with E-state index in [-0.39, 0.29) is 0 Å². The highest BCUT2D eigenvalue weighted by Gasteiger charge is 2.24. The van der Waals surface area contributed by atoms with Crippen molar-refractivity contribution in [1.82, 2.24) is 9.80 Å². The van der Waals surface area contributed by atoms with Crippen molar-refractivity contribution in [1.29, 1.82) is 0 Å². The average molecular weight is 200 g/mol. The zero-order valence-electron chi connectivity index (χ0n) is 9.58. The van der Waals surface area contributed by atoms with Crippen molar-refractivity contribution in [2.45, 2.75) is 32.7 Å². The Balaban J connectivity index is 2.35. The molecule has 0 aromatic carbocycles. The second-order valence-corrected chi connectivity index (χ2v) is 4.12. The van der Waals surface area contributed by atoms with Crippen molar-refractivity contribution < 1.29 is 5.11 Å². The molecule has 0 aromatic rings. The molecule has 0 aromatic heterocycles. The summed E-state index contributed by atoms with van der Waals surface area (Å²) in [5.74, 6) is 0. The Morgan fingerprint density at radius 2 is 2.07 bits per heavy atom. The van der Waals surface area contributed by atoms with E-state index in [9.17, 15) is 5.11 Å². The van der Waals surface area contributed by atoms with Gasteiger partial charge in [-0.15, -0.1) is 0 Å². The molecule has 0 saturated carbocycles. The molecule has 0 radical (unpaired) electrons. The second-order valence-electron chi connectivity index (χ2n) is 4.12. The first-order valence-corrected chi connectivity index (χ1v) is 5.89. The van der Waals surface area contributed by atoms with E-state index in [1.807, 2.05) is 0 Å². The third kappa shape index (κ3) is 3.23. The standard InChI is InChI=1S/C11H24N2O/c1-3-5-6-13-8-7-12(4-2)9-11(13)10-14/h11,14H,3-10H2,1-2H3. The van der Waals surface area contributed by atoms with Gasteiger partial charge in [-0.05, 0) is 19.5 Å². The van der Waals surface area contributed by atoms with Gasteiger partial charge in [0.05, 0.1) is 6.61 Å². The molecule has 3 nitrogen and oxygen atoms in total. The fourth-order valence-electron chi connectivity index (χ4n) is 2.07. The summed E-state index contributed by atoms with van der Waals surface area (Å²) in [5.41, 5.74) is 0. The van der Waals surface area contributed by atoms with Crippen LogP contribution in [0.3, 0.4) is 0 Å². The first kappa shape index (κ1) is 12.0. The van der Waals surface area contributed by atoms with Crippen molar-refractivity contribution in [3.8, 4) is 0 Å². The third-order valence-electron chi connectivity index (χ3n) is 3.15. The van der Waals surface area contributed by atoms with E-state index < -0.39 is 0 Å². The van der Waals surface area contributed by atoms with Crippen molar-refractivity contribution in [3.63, 3.8) is 0 Å². The quantitative estimate of drug-likeness (QED) is 0.710. The van der Waals surface area contributed by atoms with Gasteiger partial charge in [0, 0.05) is 25.7 Å². The third-order valence-corrected chi connectivity index (χ3v) is 3.15. The van der Waals surface area contributed by atoms with E-state index in [4.69, 9.17) is 0 Å². The molecule has 1 aliphatic rings. The molecule has 0 bridgehead atoms. The number of piperazine rings is 1. The molecule has 1 atom stereocenters. The molecule has 0 aliphatic carbocycles. The van der Waals surface area contributed by atoms with Crippen molar-refractivity contribution >= 4 is 0 Å². The second kappa shape index (κ2) is 6.38. The molecule has 1 heterocycles. The number of unbranched alkanes of at least 4 members (excludes halogenated alkanes) is 1. The summed E-state index contributed by atoms with van der Waals surface area (Å²) in [6.07, 6.45) is 2.49. The summed E-state index contributed by atoms with van der Waals surface area (Å²) < 4.78 is 0. The van der Waals surface area contributed by atoms with Gasteiger partial charge < -0.3 is 10.0 Å². The normalized spacial score (nSPS) is 25.5. The van der Waals surface area contributed by atoms with Crippen LogP contribution < -0.4 is 0 Å². The summed E-state index contributed by atoms with van der Waals surface area (Å²) in [7, 11) is 0. The van der Waals surface area contributed by atoms with Crippen LogP contribution in [0.4, 0.5) is 0 Å². The summed E-state index contributed by atoms with van der Waals surface area (Å²) in [6.45, 7) is 10.3. The molecule has 84 valence electrons. The maximum Gasteiger partial charge on any atom is 0.0599 e. The zero-order valence-corrected chi connectivity index (χ0v) is 9.58. The van der Waals surface area contributed by atoms with Gasteiger partial charge in [0.15, 0.2) is 0 Å². The van der Waals surface area contributed by atoms with Gasteiger partial charge in [-0.1, -0.05) is 20.3 Å². The van der Waals surface area contributed by atoms with Crippen LogP contribution in [0.2, 0.25) is 0 Å². The lowest BCUT2D eigenvalue weighted by Crippen LogP contribution is -2.54. The SMILES string of the molecule is CCCCN1CCN(CC)CC1CO. The molecule has 1 fully saturated rings. The van der Waals surface area contributed by atoms with E-state index in [1.165, 1.54) is 12.8 Å². The van der Waals surface area contributed by atoms with Gasteiger partial charge in [-0.3, -0.25) is 4.90 Å². The van der Waals surface area contributed by atoms with Gasteiger partial charge in [-0.25, -0.2) is 0 Å².